The van der Waals surface area contributed by atoms with Crippen LogP contribution in [0.5, 0.6) is 11.5 Å². The second-order valence-electron chi connectivity index (χ2n) is 13.0. The summed E-state index contributed by atoms with van der Waals surface area (Å²) >= 11 is 0. The Morgan fingerprint density at radius 2 is 1.49 bits per heavy atom. The number of rotatable bonds is 14. The van der Waals surface area contributed by atoms with Crippen molar-refractivity contribution >= 4 is 27.5 Å². The van der Waals surface area contributed by atoms with Gasteiger partial charge in [0.2, 0.25) is 11.8 Å². The van der Waals surface area contributed by atoms with Gasteiger partial charge in [-0.25, -0.2) is 12.8 Å². The van der Waals surface area contributed by atoms with Crippen LogP contribution in [0.25, 0.3) is 0 Å². The van der Waals surface area contributed by atoms with Gasteiger partial charge in [0.25, 0.3) is 10.0 Å². The minimum atomic E-state index is -4.41. The molecule has 1 saturated carbocycles. The molecule has 1 aliphatic carbocycles. The number of carbonyl (C=O) groups is 2. The second-order valence-corrected chi connectivity index (χ2v) is 14.9. The molecule has 11 heteroatoms. The second kappa shape index (κ2) is 16.9. The van der Waals surface area contributed by atoms with Gasteiger partial charge >= 0.3 is 0 Å². The first-order valence-electron chi connectivity index (χ1n) is 17.2. The average Bonchev–Trinajstić information content (AvgIpc) is 3.12. The van der Waals surface area contributed by atoms with E-state index in [0.29, 0.717) is 5.75 Å². The van der Waals surface area contributed by atoms with Gasteiger partial charge in [0, 0.05) is 30.6 Å². The highest BCUT2D eigenvalue weighted by molar-refractivity contribution is 7.92. The van der Waals surface area contributed by atoms with E-state index in [-0.39, 0.29) is 46.8 Å². The molecule has 1 aliphatic rings. The van der Waals surface area contributed by atoms with Gasteiger partial charge in [0.05, 0.1) is 24.8 Å². The van der Waals surface area contributed by atoms with Gasteiger partial charge in [0.1, 0.15) is 18.4 Å². The fourth-order valence-corrected chi connectivity index (χ4v) is 8.05. The van der Waals surface area contributed by atoms with E-state index in [4.69, 9.17) is 9.47 Å². The van der Waals surface area contributed by atoms with Crippen LogP contribution < -0.4 is 19.1 Å². The molecule has 0 spiro atoms. The number of nitrogens with one attached hydrogen (secondary N) is 1. The van der Waals surface area contributed by atoms with Crippen molar-refractivity contribution in [1.29, 1.82) is 0 Å². The fraction of sp³-hybridized carbons (Fsp3) is 0.350. The number of nitrogens with zero attached hydrogens (tertiary/aromatic N) is 2. The first kappa shape index (κ1) is 37.4. The maximum atomic E-state index is 15.3. The van der Waals surface area contributed by atoms with Gasteiger partial charge < -0.3 is 19.7 Å². The maximum absolute atomic E-state index is 15.3. The molecule has 51 heavy (non-hydrogen) atoms. The smallest absolute Gasteiger partial charge is 0.264 e. The number of hydrogen-bond donors (Lipinski definition) is 1. The Kier molecular flexibility index (Phi) is 12.4. The lowest BCUT2D eigenvalue weighted by molar-refractivity contribution is -0.140. The number of ether oxygens (including phenoxy) is 2. The van der Waals surface area contributed by atoms with Crippen LogP contribution in [0, 0.1) is 19.7 Å². The summed E-state index contributed by atoms with van der Waals surface area (Å²) in [6.45, 7) is 2.78. The molecule has 0 bridgehead atoms. The summed E-state index contributed by atoms with van der Waals surface area (Å²) in [7, 11) is -1.55. The molecule has 1 atom stereocenters. The Bertz CT molecular complexity index is 1910. The Morgan fingerprint density at radius 3 is 2.14 bits per heavy atom. The zero-order valence-corrected chi connectivity index (χ0v) is 30.4. The number of sulfonamides is 1. The van der Waals surface area contributed by atoms with Crippen LogP contribution in [0.4, 0.5) is 10.1 Å². The number of methoxy groups -OCH3 is 2. The first-order chi connectivity index (χ1) is 24.5. The monoisotopic (exact) mass is 715 g/mol. The Morgan fingerprint density at radius 1 is 0.843 bits per heavy atom. The maximum Gasteiger partial charge on any atom is 0.264 e. The summed E-state index contributed by atoms with van der Waals surface area (Å²) in [5.74, 6) is -1.02. The predicted octanol–water partition coefficient (Wildman–Crippen LogP) is 6.74. The molecule has 0 unspecified atom stereocenters. The van der Waals surface area contributed by atoms with Crippen molar-refractivity contribution in [2.24, 2.45) is 0 Å². The standard InChI is InChI=1S/C40H46FN3O6S/c1-28-21-29(2)23-33(22-28)44(51(47,48)34-19-20-37(49-3)38(25-34)50-4)27-39(45)43(26-31-15-11-12-18-35(31)41)36(24-30-13-7-5-8-14-30)40(46)42-32-16-9-6-10-17-32/h5,7-8,11-15,18-23,25,32,36H,6,9-10,16-17,24,26-27H2,1-4H3,(H,42,46)/t36-/m1/s1. The van der Waals surface area contributed by atoms with Crippen molar-refractivity contribution < 1.29 is 31.9 Å². The Balaban J connectivity index is 1.61. The lowest BCUT2D eigenvalue weighted by Gasteiger charge is -2.35. The zero-order valence-electron chi connectivity index (χ0n) is 29.6. The van der Waals surface area contributed by atoms with Crippen LogP contribution in [0.15, 0.2) is 95.9 Å². The van der Waals surface area contributed by atoms with Crippen molar-refractivity contribution in [3.8, 4) is 11.5 Å². The van der Waals surface area contributed by atoms with Crippen molar-refractivity contribution in [3.63, 3.8) is 0 Å². The van der Waals surface area contributed by atoms with Crippen LogP contribution in [0.3, 0.4) is 0 Å². The highest BCUT2D eigenvalue weighted by atomic mass is 32.2. The molecule has 0 saturated heterocycles. The molecule has 0 aliphatic heterocycles. The van der Waals surface area contributed by atoms with Gasteiger partial charge in [-0.2, -0.15) is 0 Å². The van der Waals surface area contributed by atoms with Gasteiger partial charge in [-0.1, -0.05) is 73.9 Å². The quantitative estimate of drug-likeness (QED) is 0.155. The van der Waals surface area contributed by atoms with Gasteiger partial charge in [0.15, 0.2) is 11.5 Å². The summed E-state index contributed by atoms with van der Waals surface area (Å²) in [5, 5.41) is 3.17. The number of hydrogen-bond acceptors (Lipinski definition) is 6. The number of aryl methyl sites for hydroxylation is 2. The van der Waals surface area contributed by atoms with E-state index in [1.54, 1.807) is 30.3 Å². The molecular formula is C40H46FN3O6S. The Labute approximate surface area is 300 Å². The molecule has 5 rings (SSSR count). The molecule has 0 radical (unpaired) electrons. The topological polar surface area (TPSA) is 105 Å². The molecule has 1 fully saturated rings. The SMILES string of the molecule is COc1ccc(S(=O)(=O)N(CC(=O)N(Cc2ccccc2F)[C@H](Cc2ccccc2)C(=O)NC2CCCCC2)c2cc(C)cc(C)c2)cc1OC. The molecule has 2 amide bonds. The highest BCUT2D eigenvalue weighted by Crippen LogP contribution is 2.33. The third-order valence-corrected chi connectivity index (χ3v) is 11.0. The van der Waals surface area contributed by atoms with Gasteiger partial charge in [-0.3, -0.25) is 13.9 Å². The lowest BCUT2D eigenvalue weighted by Crippen LogP contribution is -2.55. The zero-order chi connectivity index (χ0) is 36.5. The number of amides is 2. The fourth-order valence-electron chi connectivity index (χ4n) is 6.64. The van der Waals surface area contributed by atoms with E-state index < -0.39 is 34.3 Å². The molecule has 270 valence electrons. The Hall–Kier alpha value is -4.90. The van der Waals surface area contributed by atoms with E-state index in [9.17, 15) is 18.0 Å². The van der Waals surface area contributed by atoms with Crippen LogP contribution >= 0.6 is 0 Å². The molecule has 0 aromatic heterocycles. The third-order valence-electron chi connectivity index (χ3n) is 9.24. The van der Waals surface area contributed by atoms with E-state index in [1.165, 1.54) is 43.4 Å². The first-order valence-corrected chi connectivity index (χ1v) is 18.6. The van der Waals surface area contributed by atoms with Crippen molar-refractivity contribution in [1.82, 2.24) is 10.2 Å². The summed E-state index contributed by atoms with van der Waals surface area (Å²) in [4.78, 5) is 30.3. The average molecular weight is 716 g/mol. The summed E-state index contributed by atoms with van der Waals surface area (Å²) in [6.07, 6.45) is 4.88. The minimum Gasteiger partial charge on any atom is -0.493 e. The number of carbonyl (C=O) groups excluding carboxylic acids is 2. The highest BCUT2D eigenvalue weighted by Gasteiger charge is 2.36. The minimum absolute atomic E-state index is 0.0489. The molecule has 4 aromatic rings. The summed E-state index contributed by atoms with van der Waals surface area (Å²) in [6, 6.07) is 23.8. The lowest BCUT2D eigenvalue weighted by atomic mass is 9.94. The predicted molar refractivity (Wildman–Crippen MR) is 196 cm³/mol. The normalized spacial score (nSPS) is 14.0. The van der Waals surface area contributed by atoms with Crippen LogP contribution in [-0.2, 0) is 32.6 Å². The number of benzene rings is 4. The molecule has 1 N–H and O–H groups in total. The molecule has 9 nitrogen and oxygen atoms in total. The van der Waals surface area contributed by atoms with Crippen molar-refractivity contribution in [2.45, 2.75) is 75.9 Å². The van der Waals surface area contributed by atoms with Crippen LogP contribution in [0.1, 0.15) is 54.4 Å². The summed E-state index contributed by atoms with van der Waals surface area (Å²) in [5.41, 5.74) is 2.86. The summed E-state index contributed by atoms with van der Waals surface area (Å²) < 4.78 is 56.2. The molecule has 0 heterocycles. The van der Waals surface area contributed by atoms with Crippen LogP contribution in [-0.4, -0.2) is 58.0 Å². The molecule has 4 aromatic carbocycles. The van der Waals surface area contributed by atoms with Crippen molar-refractivity contribution in [2.75, 3.05) is 25.1 Å². The van der Waals surface area contributed by atoms with Crippen molar-refractivity contribution in [3.05, 3.63) is 119 Å². The van der Waals surface area contributed by atoms with E-state index >= 15 is 4.39 Å². The van der Waals surface area contributed by atoms with Gasteiger partial charge in [-0.15, -0.1) is 0 Å². The van der Waals surface area contributed by atoms with E-state index in [1.807, 2.05) is 50.2 Å². The van der Waals surface area contributed by atoms with Gasteiger partial charge in [-0.05, 0) is 73.7 Å². The number of halogens is 1. The number of anilines is 1. The molecular weight excluding hydrogens is 670 g/mol. The van der Waals surface area contributed by atoms with E-state index in [0.717, 1.165) is 53.1 Å². The third kappa shape index (κ3) is 9.26. The largest absolute Gasteiger partial charge is 0.493 e. The van der Waals surface area contributed by atoms with Crippen LogP contribution in [0.2, 0.25) is 0 Å². The van der Waals surface area contributed by atoms with E-state index in [2.05, 4.69) is 5.32 Å².